The van der Waals surface area contributed by atoms with Crippen molar-refractivity contribution in [2.75, 3.05) is 5.73 Å². The van der Waals surface area contributed by atoms with Crippen LogP contribution in [0.25, 0.3) is 0 Å². The molecule has 0 saturated carbocycles. The van der Waals surface area contributed by atoms with Gasteiger partial charge in [0.05, 0.1) is 22.1 Å². The number of nitro benzene ring substituents is 1. The normalized spacial score (nSPS) is 9.90. The summed E-state index contributed by atoms with van der Waals surface area (Å²) in [7, 11) is 0. The standard InChI is InChI=1S/C13H11N5O3/c1-2-9-12(15)16-7-17-13(9)21-11-4-3-8(6-14)5-10(11)18(19)20/h3-5,7H,2H2,1H3,(H2,15,16,17). The fourth-order valence-electron chi connectivity index (χ4n) is 1.75. The highest BCUT2D eigenvalue weighted by molar-refractivity contribution is 5.54. The summed E-state index contributed by atoms with van der Waals surface area (Å²) in [5.74, 6) is 0.420. The van der Waals surface area contributed by atoms with Gasteiger partial charge in [-0.2, -0.15) is 5.26 Å². The van der Waals surface area contributed by atoms with E-state index in [0.29, 0.717) is 12.0 Å². The summed E-state index contributed by atoms with van der Waals surface area (Å²) >= 11 is 0. The van der Waals surface area contributed by atoms with E-state index in [-0.39, 0.29) is 28.7 Å². The topological polar surface area (TPSA) is 128 Å². The maximum atomic E-state index is 11.1. The molecule has 0 saturated heterocycles. The molecule has 0 amide bonds. The van der Waals surface area contributed by atoms with Gasteiger partial charge in [0, 0.05) is 6.07 Å². The summed E-state index contributed by atoms with van der Waals surface area (Å²) in [5.41, 5.74) is 6.15. The molecule has 8 nitrogen and oxygen atoms in total. The number of hydrogen-bond acceptors (Lipinski definition) is 7. The molecule has 1 aromatic heterocycles. The third-order valence-electron chi connectivity index (χ3n) is 2.78. The Morgan fingerprint density at radius 2 is 2.24 bits per heavy atom. The summed E-state index contributed by atoms with van der Waals surface area (Å²) in [6.07, 6.45) is 1.74. The number of aromatic nitrogens is 2. The Bertz CT molecular complexity index is 739. The molecule has 0 fully saturated rings. The van der Waals surface area contributed by atoms with E-state index < -0.39 is 4.92 Å². The maximum Gasteiger partial charge on any atom is 0.312 e. The van der Waals surface area contributed by atoms with E-state index in [4.69, 9.17) is 15.7 Å². The average molecular weight is 285 g/mol. The molecule has 1 heterocycles. The fraction of sp³-hybridized carbons (Fsp3) is 0.154. The number of nitrogens with zero attached hydrogens (tertiary/aromatic N) is 4. The number of nitrogens with two attached hydrogens (primary N) is 1. The lowest BCUT2D eigenvalue weighted by Crippen LogP contribution is -2.03. The summed E-state index contributed by atoms with van der Waals surface area (Å²) in [4.78, 5) is 18.2. The van der Waals surface area contributed by atoms with Gasteiger partial charge in [-0.15, -0.1) is 0 Å². The minimum absolute atomic E-state index is 0.00759. The van der Waals surface area contributed by atoms with Crippen LogP contribution in [0.5, 0.6) is 11.6 Å². The summed E-state index contributed by atoms with van der Waals surface area (Å²) in [6, 6.07) is 5.77. The van der Waals surface area contributed by atoms with E-state index in [2.05, 4.69) is 9.97 Å². The van der Waals surface area contributed by atoms with Crippen LogP contribution in [0.2, 0.25) is 0 Å². The lowest BCUT2D eigenvalue weighted by Gasteiger charge is -2.10. The number of nitrogen functional groups attached to an aromatic ring is 1. The van der Waals surface area contributed by atoms with Gasteiger partial charge in [0.25, 0.3) is 0 Å². The van der Waals surface area contributed by atoms with Crippen molar-refractivity contribution in [2.45, 2.75) is 13.3 Å². The second-order valence-corrected chi connectivity index (χ2v) is 4.05. The molecule has 2 rings (SSSR count). The molecule has 8 heteroatoms. The predicted octanol–water partition coefficient (Wildman–Crippen LogP) is 2.19. The molecule has 0 bridgehead atoms. The zero-order valence-electron chi connectivity index (χ0n) is 11.1. The lowest BCUT2D eigenvalue weighted by molar-refractivity contribution is -0.385. The smallest absolute Gasteiger partial charge is 0.312 e. The van der Waals surface area contributed by atoms with Crippen LogP contribution in [-0.4, -0.2) is 14.9 Å². The fourth-order valence-corrected chi connectivity index (χ4v) is 1.75. The first kappa shape index (κ1) is 14.2. The summed E-state index contributed by atoms with van der Waals surface area (Å²) in [6.45, 7) is 1.84. The first-order valence-electron chi connectivity index (χ1n) is 6.02. The van der Waals surface area contributed by atoms with Crippen LogP contribution in [-0.2, 0) is 6.42 Å². The van der Waals surface area contributed by atoms with Crippen molar-refractivity contribution in [1.82, 2.24) is 9.97 Å². The molecular formula is C13H11N5O3. The van der Waals surface area contributed by atoms with E-state index >= 15 is 0 Å². The Hall–Kier alpha value is -3.21. The quantitative estimate of drug-likeness (QED) is 0.673. The van der Waals surface area contributed by atoms with Gasteiger partial charge in [-0.25, -0.2) is 9.97 Å². The largest absolute Gasteiger partial charge is 0.431 e. The Labute approximate surface area is 120 Å². The van der Waals surface area contributed by atoms with Crippen LogP contribution in [0.1, 0.15) is 18.1 Å². The molecule has 0 atom stereocenters. The minimum Gasteiger partial charge on any atom is -0.431 e. The van der Waals surface area contributed by atoms with E-state index in [0.717, 1.165) is 6.07 Å². The summed E-state index contributed by atoms with van der Waals surface area (Å²) in [5, 5.41) is 19.9. The first-order valence-corrected chi connectivity index (χ1v) is 6.02. The minimum atomic E-state index is -0.619. The highest BCUT2D eigenvalue weighted by Crippen LogP contribution is 2.33. The highest BCUT2D eigenvalue weighted by Gasteiger charge is 2.19. The second kappa shape index (κ2) is 5.83. The van der Waals surface area contributed by atoms with Gasteiger partial charge in [0.2, 0.25) is 11.6 Å². The second-order valence-electron chi connectivity index (χ2n) is 4.05. The Morgan fingerprint density at radius 3 is 2.86 bits per heavy atom. The van der Waals surface area contributed by atoms with Gasteiger partial charge < -0.3 is 10.5 Å². The summed E-state index contributed by atoms with van der Waals surface area (Å²) < 4.78 is 5.49. The highest BCUT2D eigenvalue weighted by atomic mass is 16.6. The molecule has 1 aromatic carbocycles. The van der Waals surface area contributed by atoms with E-state index in [9.17, 15) is 10.1 Å². The number of benzene rings is 1. The van der Waals surface area contributed by atoms with Gasteiger partial charge in [-0.1, -0.05) is 6.92 Å². The van der Waals surface area contributed by atoms with Crippen molar-refractivity contribution in [1.29, 1.82) is 5.26 Å². The van der Waals surface area contributed by atoms with Gasteiger partial charge >= 0.3 is 5.69 Å². The van der Waals surface area contributed by atoms with Crippen LogP contribution in [0, 0.1) is 21.4 Å². The number of rotatable bonds is 4. The van der Waals surface area contributed by atoms with Crippen molar-refractivity contribution in [3.8, 4) is 17.7 Å². The van der Waals surface area contributed by atoms with Crippen LogP contribution in [0.4, 0.5) is 11.5 Å². The van der Waals surface area contributed by atoms with Gasteiger partial charge in [-0.3, -0.25) is 10.1 Å². The first-order chi connectivity index (χ1) is 10.1. The molecule has 2 N–H and O–H groups in total. The van der Waals surface area contributed by atoms with Crippen LogP contribution >= 0.6 is 0 Å². The van der Waals surface area contributed by atoms with Crippen molar-refractivity contribution in [3.05, 3.63) is 45.8 Å². The van der Waals surface area contributed by atoms with E-state index in [1.165, 1.54) is 18.5 Å². The maximum absolute atomic E-state index is 11.1. The molecule has 0 aliphatic heterocycles. The average Bonchev–Trinajstić information content (AvgIpc) is 2.47. The predicted molar refractivity (Wildman–Crippen MR) is 73.7 cm³/mol. The number of hydrogen-bond donors (Lipinski definition) is 1. The monoisotopic (exact) mass is 285 g/mol. The molecule has 0 radical (unpaired) electrons. The van der Waals surface area contributed by atoms with Gasteiger partial charge in [0.1, 0.15) is 12.1 Å². The molecule has 106 valence electrons. The Morgan fingerprint density at radius 1 is 1.48 bits per heavy atom. The Kier molecular flexibility index (Phi) is 3.95. The van der Waals surface area contributed by atoms with Crippen molar-refractivity contribution in [3.63, 3.8) is 0 Å². The molecule has 2 aromatic rings. The molecule has 21 heavy (non-hydrogen) atoms. The van der Waals surface area contributed by atoms with Crippen LogP contribution < -0.4 is 10.5 Å². The van der Waals surface area contributed by atoms with Crippen molar-refractivity contribution < 1.29 is 9.66 Å². The molecule has 0 spiro atoms. The van der Waals surface area contributed by atoms with Gasteiger partial charge in [-0.05, 0) is 18.6 Å². The molecule has 0 aliphatic rings. The zero-order valence-corrected chi connectivity index (χ0v) is 11.1. The van der Waals surface area contributed by atoms with E-state index in [1.54, 1.807) is 0 Å². The number of anilines is 1. The number of nitriles is 1. The zero-order chi connectivity index (χ0) is 15.4. The third kappa shape index (κ3) is 2.87. The molecular weight excluding hydrogens is 274 g/mol. The van der Waals surface area contributed by atoms with Crippen molar-refractivity contribution in [2.24, 2.45) is 0 Å². The lowest BCUT2D eigenvalue weighted by atomic mass is 10.2. The third-order valence-corrected chi connectivity index (χ3v) is 2.78. The van der Waals surface area contributed by atoms with Crippen molar-refractivity contribution >= 4 is 11.5 Å². The molecule has 0 aliphatic carbocycles. The number of nitro groups is 1. The SMILES string of the molecule is CCc1c(N)ncnc1Oc1ccc(C#N)cc1[N+](=O)[O-]. The van der Waals surface area contributed by atoms with E-state index in [1.807, 2.05) is 13.0 Å². The Balaban J connectivity index is 2.47. The van der Waals surface area contributed by atoms with Crippen LogP contribution in [0.3, 0.4) is 0 Å². The molecule has 0 unspecified atom stereocenters. The van der Waals surface area contributed by atoms with Gasteiger partial charge in [0.15, 0.2) is 0 Å². The van der Waals surface area contributed by atoms with Crippen LogP contribution in [0.15, 0.2) is 24.5 Å². The number of ether oxygens (including phenoxy) is 1.